The van der Waals surface area contributed by atoms with Gasteiger partial charge in [0.25, 0.3) is 0 Å². The molecule has 1 amide bonds. The highest BCUT2D eigenvalue weighted by Gasteiger charge is 2.14. The lowest BCUT2D eigenvalue weighted by Gasteiger charge is -2.09. The number of hydrogen-bond donors (Lipinski definition) is 2. The standard InChI is InChI=1S/C11H10ClNO5/c1-6(14)18-9-4-7(13-10(15)5-12)2-3-8(9)11(16)17/h2-4H,5H2,1H3,(H,13,15)(H,16,17). The summed E-state index contributed by atoms with van der Waals surface area (Å²) >= 11 is 5.32. The molecule has 2 N–H and O–H groups in total. The smallest absolute Gasteiger partial charge is 0.339 e. The van der Waals surface area contributed by atoms with Crippen LogP contribution in [-0.2, 0) is 9.59 Å². The Morgan fingerprint density at radius 3 is 2.56 bits per heavy atom. The van der Waals surface area contributed by atoms with E-state index in [1.54, 1.807) is 0 Å². The Hall–Kier alpha value is -2.08. The molecule has 1 aromatic rings. The van der Waals surface area contributed by atoms with Gasteiger partial charge in [0.05, 0.1) is 0 Å². The van der Waals surface area contributed by atoms with Crippen molar-refractivity contribution in [1.82, 2.24) is 0 Å². The number of halogens is 1. The third kappa shape index (κ3) is 3.74. The predicted octanol–water partition coefficient (Wildman–Crippen LogP) is 1.49. The Kier molecular flexibility index (Phi) is 4.67. The second kappa shape index (κ2) is 6.02. The van der Waals surface area contributed by atoms with Gasteiger partial charge in [0.1, 0.15) is 17.2 Å². The van der Waals surface area contributed by atoms with Crippen molar-refractivity contribution in [3.05, 3.63) is 23.8 Å². The van der Waals surface area contributed by atoms with Crippen LogP contribution in [0, 0.1) is 0 Å². The van der Waals surface area contributed by atoms with Crippen molar-refractivity contribution in [2.45, 2.75) is 6.92 Å². The molecule has 0 aliphatic carbocycles. The number of alkyl halides is 1. The fraction of sp³-hybridized carbons (Fsp3) is 0.182. The normalized spacial score (nSPS) is 9.67. The molecule has 0 saturated heterocycles. The van der Waals surface area contributed by atoms with Gasteiger partial charge in [0, 0.05) is 18.7 Å². The minimum Gasteiger partial charge on any atom is -0.478 e. The van der Waals surface area contributed by atoms with Crippen molar-refractivity contribution >= 4 is 35.1 Å². The van der Waals surface area contributed by atoms with Gasteiger partial charge < -0.3 is 15.2 Å². The minimum atomic E-state index is -1.23. The van der Waals surface area contributed by atoms with Gasteiger partial charge >= 0.3 is 11.9 Å². The molecule has 1 rings (SSSR count). The molecule has 0 unspecified atom stereocenters. The van der Waals surface area contributed by atoms with E-state index in [0.717, 1.165) is 6.92 Å². The summed E-state index contributed by atoms with van der Waals surface area (Å²) in [6, 6.07) is 3.85. The van der Waals surface area contributed by atoms with Crippen LogP contribution in [0.2, 0.25) is 0 Å². The van der Waals surface area contributed by atoms with E-state index < -0.39 is 17.8 Å². The number of hydrogen-bond acceptors (Lipinski definition) is 4. The maximum atomic E-state index is 11.1. The average Bonchev–Trinajstić information content (AvgIpc) is 2.27. The number of esters is 1. The Bertz CT molecular complexity index is 500. The molecule has 0 heterocycles. The van der Waals surface area contributed by atoms with E-state index in [1.165, 1.54) is 18.2 Å². The second-order valence-electron chi connectivity index (χ2n) is 3.29. The van der Waals surface area contributed by atoms with Gasteiger partial charge in [-0.2, -0.15) is 0 Å². The second-order valence-corrected chi connectivity index (χ2v) is 3.56. The first kappa shape index (κ1) is 14.0. The van der Waals surface area contributed by atoms with Crippen LogP contribution in [0.3, 0.4) is 0 Å². The Labute approximate surface area is 108 Å². The molecule has 0 atom stereocenters. The number of benzene rings is 1. The van der Waals surface area contributed by atoms with Crippen LogP contribution in [-0.4, -0.2) is 28.8 Å². The Morgan fingerprint density at radius 1 is 1.39 bits per heavy atom. The number of rotatable bonds is 4. The van der Waals surface area contributed by atoms with Crippen LogP contribution in [0.5, 0.6) is 5.75 Å². The lowest BCUT2D eigenvalue weighted by atomic mass is 10.2. The summed E-state index contributed by atoms with van der Waals surface area (Å²) in [4.78, 5) is 32.8. The molecule has 96 valence electrons. The first-order chi connectivity index (χ1) is 8.43. The number of amides is 1. The lowest BCUT2D eigenvalue weighted by Crippen LogP contribution is -2.13. The zero-order valence-electron chi connectivity index (χ0n) is 9.40. The van der Waals surface area contributed by atoms with E-state index in [2.05, 4.69) is 5.32 Å². The monoisotopic (exact) mass is 271 g/mol. The van der Waals surface area contributed by atoms with Crippen LogP contribution in [0.25, 0.3) is 0 Å². The van der Waals surface area contributed by atoms with Crippen molar-refractivity contribution < 1.29 is 24.2 Å². The van der Waals surface area contributed by atoms with Crippen molar-refractivity contribution in [3.8, 4) is 5.75 Å². The van der Waals surface area contributed by atoms with E-state index in [1.807, 2.05) is 0 Å². The van der Waals surface area contributed by atoms with Crippen molar-refractivity contribution in [2.24, 2.45) is 0 Å². The number of carboxylic acids is 1. The molecule has 0 aromatic heterocycles. The molecule has 0 bridgehead atoms. The largest absolute Gasteiger partial charge is 0.478 e. The molecule has 0 spiro atoms. The summed E-state index contributed by atoms with van der Waals surface area (Å²) in [7, 11) is 0. The number of ether oxygens (including phenoxy) is 1. The number of carbonyl (C=O) groups excluding carboxylic acids is 2. The molecule has 0 aliphatic rings. The third-order valence-corrected chi connectivity index (χ3v) is 2.11. The zero-order valence-corrected chi connectivity index (χ0v) is 10.2. The average molecular weight is 272 g/mol. The van der Waals surface area contributed by atoms with E-state index in [9.17, 15) is 14.4 Å². The summed E-state index contributed by atoms with van der Waals surface area (Å²) in [6.45, 7) is 1.15. The predicted molar refractivity (Wildman–Crippen MR) is 64.1 cm³/mol. The Morgan fingerprint density at radius 2 is 2.06 bits per heavy atom. The summed E-state index contributed by atoms with van der Waals surface area (Å²) in [5.74, 6) is -2.71. The molecule has 6 nitrogen and oxygen atoms in total. The van der Waals surface area contributed by atoms with Crippen molar-refractivity contribution in [3.63, 3.8) is 0 Å². The maximum Gasteiger partial charge on any atom is 0.339 e. The number of aromatic carboxylic acids is 1. The highest BCUT2D eigenvalue weighted by Crippen LogP contribution is 2.23. The van der Waals surface area contributed by atoms with Crippen LogP contribution >= 0.6 is 11.6 Å². The summed E-state index contributed by atoms with van der Waals surface area (Å²) in [6.07, 6.45) is 0. The summed E-state index contributed by atoms with van der Waals surface area (Å²) < 4.78 is 4.76. The molecular weight excluding hydrogens is 262 g/mol. The van der Waals surface area contributed by atoms with E-state index in [4.69, 9.17) is 21.4 Å². The zero-order chi connectivity index (χ0) is 13.7. The first-order valence-electron chi connectivity index (χ1n) is 4.85. The van der Waals surface area contributed by atoms with E-state index in [0.29, 0.717) is 5.69 Å². The molecule has 0 radical (unpaired) electrons. The molecule has 18 heavy (non-hydrogen) atoms. The van der Waals surface area contributed by atoms with Gasteiger partial charge in [-0.1, -0.05) is 0 Å². The number of nitrogens with one attached hydrogen (secondary N) is 1. The van der Waals surface area contributed by atoms with Gasteiger partial charge in [-0.3, -0.25) is 9.59 Å². The van der Waals surface area contributed by atoms with Crippen molar-refractivity contribution in [2.75, 3.05) is 11.2 Å². The molecule has 7 heteroatoms. The number of carbonyl (C=O) groups is 3. The fourth-order valence-corrected chi connectivity index (χ4v) is 1.28. The van der Waals surface area contributed by atoms with Gasteiger partial charge in [0.15, 0.2) is 0 Å². The summed E-state index contributed by atoms with van der Waals surface area (Å²) in [5.41, 5.74) is 0.121. The molecular formula is C11H10ClNO5. The van der Waals surface area contributed by atoms with Gasteiger partial charge in [-0.05, 0) is 12.1 Å². The summed E-state index contributed by atoms with van der Waals surface area (Å²) in [5, 5.41) is 11.3. The third-order valence-electron chi connectivity index (χ3n) is 1.87. The lowest BCUT2D eigenvalue weighted by molar-refractivity contribution is -0.131. The molecule has 0 saturated carbocycles. The Balaban J connectivity index is 3.08. The topological polar surface area (TPSA) is 92.7 Å². The quantitative estimate of drug-likeness (QED) is 0.492. The number of anilines is 1. The first-order valence-corrected chi connectivity index (χ1v) is 5.39. The number of carboxylic acid groups (broad SMARTS) is 1. The maximum absolute atomic E-state index is 11.1. The molecule has 0 fully saturated rings. The van der Waals surface area contributed by atoms with Gasteiger partial charge in [-0.15, -0.1) is 11.6 Å². The van der Waals surface area contributed by atoms with Gasteiger partial charge in [0.2, 0.25) is 5.91 Å². The van der Waals surface area contributed by atoms with Gasteiger partial charge in [-0.25, -0.2) is 4.79 Å². The SMILES string of the molecule is CC(=O)Oc1cc(NC(=O)CCl)ccc1C(=O)O. The van der Waals surface area contributed by atoms with Crippen LogP contribution in [0.15, 0.2) is 18.2 Å². The van der Waals surface area contributed by atoms with Crippen molar-refractivity contribution in [1.29, 1.82) is 0 Å². The fourth-order valence-electron chi connectivity index (χ4n) is 1.21. The van der Waals surface area contributed by atoms with Crippen LogP contribution < -0.4 is 10.1 Å². The molecule has 0 aliphatic heterocycles. The van der Waals surface area contributed by atoms with Crippen LogP contribution in [0.1, 0.15) is 17.3 Å². The minimum absolute atomic E-state index is 0.137. The van der Waals surface area contributed by atoms with E-state index in [-0.39, 0.29) is 17.2 Å². The highest BCUT2D eigenvalue weighted by atomic mass is 35.5. The highest BCUT2D eigenvalue weighted by molar-refractivity contribution is 6.29. The molecule has 1 aromatic carbocycles. The van der Waals surface area contributed by atoms with E-state index >= 15 is 0 Å². The van der Waals surface area contributed by atoms with Crippen LogP contribution in [0.4, 0.5) is 5.69 Å².